The highest BCUT2D eigenvalue weighted by atomic mass is 32.2. The average molecular weight is 264 g/mol. The number of rotatable bonds is 4. The molecule has 0 bridgehead atoms. The molecule has 1 aromatic carbocycles. The smallest absolute Gasteiger partial charge is 0.0499 e. The molecule has 0 amide bonds. The van der Waals surface area contributed by atoms with Gasteiger partial charge in [-0.3, -0.25) is 4.90 Å². The highest BCUT2D eigenvalue weighted by Crippen LogP contribution is 2.27. The second-order valence-corrected chi connectivity index (χ2v) is 6.30. The Morgan fingerprint density at radius 1 is 1.22 bits per heavy atom. The van der Waals surface area contributed by atoms with Gasteiger partial charge in [0, 0.05) is 36.7 Å². The predicted octanol–water partition coefficient (Wildman–Crippen LogP) is 2.82. The van der Waals surface area contributed by atoms with E-state index in [0.717, 1.165) is 19.5 Å². The van der Waals surface area contributed by atoms with Crippen LogP contribution in [0.3, 0.4) is 0 Å². The molecule has 2 nitrogen and oxygen atoms in total. The molecular formula is C15H24N2S. The van der Waals surface area contributed by atoms with Crippen molar-refractivity contribution in [1.29, 1.82) is 0 Å². The third-order valence-corrected chi connectivity index (χ3v) is 4.68. The molecule has 2 rings (SSSR count). The van der Waals surface area contributed by atoms with Gasteiger partial charge in [-0.1, -0.05) is 36.8 Å². The minimum absolute atomic E-state index is 0.232. The third kappa shape index (κ3) is 3.28. The van der Waals surface area contributed by atoms with Crippen LogP contribution in [0, 0.1) is 6.92 Å². The molecule has 18 heavy (non-hydrogen) atoms. The van der Waals surface area contributed by atoms with Gasteiger partial charge in [0.15, 0.2) is 0 Å². The first kappa shape index (κ1) is 13.9. The summed E-state index contributed by atoms with van der Waals surface area (Å²) in [5, 5.41) is 0. The second-order valence-electron chi connectivity index (χ2n) is 5.08. The lowest BCUT2D eigenvalue weighted by atomic mass is 9.95. The van der Waals surface area contributed by atoms with Gasteiger partial charge in [-0.15, -0.1) is 0 Å². The van der Waals surface area contributed by atoms with Gasteiger partial charge in [-0.25, -0.2) is 0 Å². The van der Waals surface area contributed by atoms with Gasteiger partial charge in [0.1, 0.15) is 0 Å². The van der Waals surface area contributed by atoms with Crippen molar-refractivity contribution in [2.24, 2.45) is 5.73 Å². The Morgan fingerprint density at radius 3 is 2.39 bits per heavy atom. The summed E-state index contributed by atoms with van der Waals surface area (Å²) in [6.45, 7) is 6.65. The molecule has 1 aromatic rings. The lowest BCUT2D eigenvalue weighted by Crippen LogP contribution is -2.44. The average Bonchev–Trinajstić information content (AvgIpc) is 2.42. The fraction of sp³-hybridized carbons (Fsp3) is 0.600. The first-order valence-electron chi connectivity index (χ1n) is 6.86. The van der Waals surface area contributed by atoms with Gasteiger partial charge in [0.25, 0.3) is 0 Å². The van der Waals surface area contributed by atoms with Gasteiger partial charge >= 0.3 is 0 Å². The van der Waals surface area contributed by atoms with Gasteiger partial charge < -0.3 is 5.73 Å². The van der Waals surface area contributed by atoms with Crippen molar-refractivity contribution >= 4 is 11.8 Å². The molecule has 0 aromatic heterocycles. The quantitative estimate of drug-likeness (QED) is 0.907. The number of benzene rings is 1. The Hall–Kier alpha value is -0.510. The van der Waals surface area contributed by atoms with Crippen LogP contribution in [0.15, 0.2) is 24.3 Å². The predicted molar refractivity (Wildman–Crippen MR) is 81.1 cm³/mol. The topological polar surface area (TPSA) is 29.3 Å². The van der Waals surface area contributed by atoms with Crippen molar-refractivity contribution in [3.63, 3.8) is 0 Å². The summed E-state index contributed by atoms with van der Waals surface area (Å²) in [4.78, 5) is 2.56. The van der Waals surface area contributed by atoms with Crippen molar-refractivity contribution in [3.8, 4) is 0 Å². The van der Waals surface area contributed by atoms with E-state index in [1.54, 1.807) is 0 Å². The molecule has 0 radical (unpaired) electrons. The van der Waals surface area contributed by atoms with Crippen molar-refractivity contribution in [1.82, 2.24) is 4.90 Å². The molecule has 2 atom stereocenters. The fourth-order valence-corrected chi connectivity index (χ4v) is 3.50. The normalized spacial score (nSPS) is 20.6. The van der Waals surface area contributed by atoms with Crippen LogP contribution >= 0.6 is 11.8 Å². The molecule has 1 aliphatic heterocycles. The van der Waals surface area contributed by atoms with Crippen LogP contribution in [0.2, 0.25) is 0 Å². The van der Waals surface area contributed by atoms with Crippen LogP contribution in [0.4, 0.5) is 0 Å². The molecule has 1 aliphatic rings. The largest absolute Gasteiger partial charge is 0.326 e. The summed E-state index contributed by atoms with van der Waals surface area (Å²) in [6, 6.07) is 9.51. The van der Waals surface area contributed by atoms with Gasteiger partial charge in [0.2, 0.25) is 0 Å². The van der Waals surface area contributed by atoms with E-state index in [1.165, 1.54) is 22.6 Å². The zero-order valence-corrected chi connectivity index (χ0v) is 12.2. The highest BCUT2D eigenvalue weighted by molar-refractivity contribution is 7.99. The first-order valence-corrected chi connectivity index (χ1v) is 8.01. The zero-order valence-electron chi connectivity index (χ0n) is 11.4. The van der Waals surface area contributed by atoms with Crippen molar-refractivity contribution < 1.29 is 0 Å². The maximum Gasteiger partial charge on any atom is 0.0499 e. The van der Waals surface area contributed by atoms with Gasteiger partial charge in [-0.2, -0.15) is 11.8 Å². The van der Waals surface area contributed by atoms with Crippen LogP contribution < -0.4 is 5.73 Å². The second kappa shape index (κ2) is 6.60. The van der Waals surface area contributed by atoms with E-state index < -0.39 is 0 Å². The van der Waals surface area contributed by atoms with E-state index >= 15 is 0 Å². The van der Waals surface area contributed by atoms with E-state index in [1.807, 2.05) is 0 Å². The summed E-state index contributed by atoms with van der Waals surface area (Å²) in [5.41, 5.74) is 9.06. The Bertz CT molecular complexity index is 357. The first-order chi connectivity index (χ1) is 8.72. The van der Waals surface area contributed by atoms with E-state index in [-0.39, 0.29) is 6.04 Å². The summed E-state index contributed by atoms with van der Waals surface area (Å²) in [5.74, 6) is 2.47. The number of nitrogens with zero attached hydrogens (tertiary/aromatic N) is 1. The van der Waals surface area contributed by atoms with Crippen LogP contribution in [0.25, 0.3) is 0 Å². The van der Waals surface area contributed by atoms with Crippen LogP contribution in [0.5, 0.6) is 0 Å². The highest BCUT2D eigenvalue weighted by Gasteiger charge is 2.26. The van der Waals surface area contributed by atoms with Gasteiger partial charge in [0.05, 0.1) is 0 Å². The molecule has 0 spiro atoms. The van der Waals surface area contributed by atoms with Crippen LogP contribution in [-0.4, -0.2) is 35.5 Å². The Labute approximate surface area is 115 Å². The van der Waals surface area contributed by atoms with E-state index in [4.69, 9.17) is 5.73 Å². The summed E-state index contributed by atoms with van der Waals surface area (Å²) < 4.78 is 0. The van der Waals surface area contributed by atoms with E-state index in [0.29, 0.717) is 6.04 Å². The molecule has 1 saturated heterocycles. The summed E-state index contributed by atoms with van der Waals surface area (Å²) in [6.07, 6.45) is 1.03. The van der Waals surface area contributed by atoms with E-state index in [2.05, 4.69) is 54.8 Å². The maximum absolute atomic E-state index is 6.37. The number of aryl methyl sites for hydroxylation is 1. The molecule has 0 saturated carbocycles. The SMILES string of the molecule is CCC(N)C(c1ccc(C)cc1)N1CCSCC1. The zero-order chi connectivity index (χ0) is 13.0. The standard InChI is InChI=1S/C15H24N2S/c1-3-14(16)15(17-8-10-18-11-9-17)13-6-4-12(2)5-7-13/h4-7,14-15H,3,8-11,16H2,1-2H3. The lowest BCUT2D eigenvalue weighted by Gasteiger charge is -2.37. The minimum atomic E-state index is 0.232. The molecule has 1 heterocycles. The molecule has 1 fully saturated rings. The fourth-order valence-electron chi connectivity index (χ4n) is 2.57. The molecule has 0 aliphatic carbocycles. The molecular weight excluding hydrogens is 240 g/mol. The van der Waals surface area contributed by atoms with Crippen LogP contribution in [-0.2, 0) is 0 Å². The molecule has 3 heteroatoms. The Kier molecular flexibility index (Phi) is 5.10. The minimum Gasteiger partial charge on any atom is -0.326 e. The van der Waals surface area contributed by atoms with Crippen molar-refractivity contribution in [3.05, 3.63) is 35.4 Å². The Morgan fingerprint density at radius 2 is 1.83 bits per heavy atom. The monoisotopic (exact) mass is 264 g/mol. The Balaban J connectivity index is 2.20. The molecule has 2 unspecified atom stereocenters. The number of hydrogen-bond donors (Lipinski definition) is 1. The lowest BCUT2D eigenvalue weighted by molar-refractivity contribution is 0.186. The van der Waals surface area contributed by atoms with Crippen molar-refractivity contribution in [2.45, 2.75) is 32.4 Å². The number of nitrogens with two attached hydrogens (primary N) is 1. The summed E-state index contributed by atoms with van der Waals surface area (Å²) >= 11 is 2.05. The molecule has 100 valence electrons. The van der Waals surface area contributed by atoms with E-state index in [9.17, 15) is 0 Å². The summed E-state index contributed by atoms with van der Waals surface area (Å²) in [7, 11) is 0. The van der Waals surface area contributed by atoms with Crippen LogP contribution in [0.1, 0.15) is 30.5 Å². The number of thioether (sulfide) groups is 1. The van der Waals surface area contributed by atoms with Gasteiger partial charge in [-0.05, 0) is 18.9 Å². The maximum atomic E-state index is 6.37. The molecule has 2 N–H and O–H groups in total. The van der Waals surface area contributed by atoms with Crippen molar-refractivity contribution in [2.75, 3.05) is 24.6 Å². The third-order valence-electron chi connectivity index (χ3n) is 3.73. The number of hydrogen-bond acceptors (Lipinski definition) is 3.